The van der Waals surface area contributed by atoms with E-state index in [1.165, 1.54) is 12.1 Å². The topological polar surface area (TPSA) is 80.3 Å². The third-order valence-corrected chi connectivity index (χ3v) is 12.8. The number of hydrogen-bond acceptors (Lipinski definition) is 7. The zero-order valence-corrected chi connectivity index (χ0v) is 35.8. The zero-order chi connectivity index (χ0) is 38.1. The van der Waals surface area contributed by atoms with Gasteiger partial charge in [-0.25, -0.2) is 14.0 Å². The number of esters is 2. The van der Waals surface area contributed by atoms with Crippen LogP contribution < -0.4 is 0 Å². The summed E-state index contributed by atoms with van der Waals surface area (Å²) in [6.45, 7) is 27.6. The van der Waals surface area contributed by atoms with Gasteiger partial charge in [-0.1, -0.05) is 78.8 Å². The number of allylic oxidation sites excluding steroid dienone is 2. The molecule has 0 bridgehead atoms. The Bertz CT molecular complexity index is 1420. The van der Waals surface area contributed by atoms with Gasteiger partial charge in [-0.3, -0.25) is 0 Å². The lowest BCUT2D eigenvalue weighted by Gasteiger charge is -2.54. The standard InChI is InChI=1S/C41H65FO7Si2/c1-26-14-17-28-22-29(38(2,3)4)23-33(47-37(44)40(8,9)45-25-27-15-18-30(42)19-16-27)34(28)41(26,49-51(12)13)21-20-31-24-32(39(5,6)7)35(36(43)46-31)48-50(10)11/h14-19,22,26,29,31-35,50-51H,20-21,23-25H2,1-13H3/t26-,29+,31+,32-,33-,34+,35?,41-/m0/s1. The van der Waals surface area contributed by atoms with E-state index in [4.69, 9.17) is 23.1 Å². The van der Waals surface area contributed by atoms with Crippen molar-refractivity contribution in [2.24, 2.45) is 34.5 Å². The number of hydrogen-bond donors (Lipinski definition) is 0. The minimum Gasteiger partial charge on any atom is -0.460 e. The number of carbonyl (C=O) groups is 2. The molecule has 10 heteroatoms. The highest BCUT2D eigenvalue weighted by Gasteiger charge is 2.55. The Balaban J connectivity index is 1.66. The maximum Gasteiger partial charge on any atom is 0.338 e. The number of ether oxygens (including phenoxy) is 3. The van der Waals surface area contributed by atoms with E-state index in [-0.39, 0.29) is 59.0 Å². The molecule has 286 valence electrons. The van der Waals surface area contributed by atoms with Crippen LogP contribution in [0.3, 0.4) is 0 Å². The van der Waals surface area contributed by atoms with Gasteiger partial charge in [0.1, 0.15) is 24.1 Å². The third-order valence-electron chi connectivity index (χ3n) is 11.1. The van der Waals surface area contributed by atoms with E-state index < -0.39 is 47.5 Å². The van der Waals surface area contributed by atoms with Crippen molar-refractivity contribution >= 4 is 30.0 Å². The van der Waals surface area contributed by atoms with E-state index in [1.54, 1.807) is 26.0 Å². The van der Waals surface area contributed by atoms with Crippen LogP contribution in [0.2, 0.25) is 26.2 Å². The number of carbonyl (C=O) groups excluding carboxylic acids is 2. The summed E-state index contributed by atoms with van der Waals surface area (Å²) in [6.07, 6.45) is 8.28. The van der Waals surface area contributed by atoms with Gasteiger partial charge in [0.25, 0.3) is 0 Å². The van der Waals surface area contributed by atoms with E-state index in [1.807, 2.05) is 0 Å². The van der Waals surface area contributed by atoms with E-state index in [0.29, 0.717) is 19.3 Å². The van der Waals surface area contributed by atoms with Gasteiger partial charge in [0.05, 0.1) is 12.2 Å². The highest BCUT2D eigenvalue weighted by atomic mass is 28.3. The summed E-state index contributed by atoms with van der Waals surface area (Å²) in [7, 11) is -3.11. The van der Waals surface area contributed by atoms with Crippen molar-refractivity contribution in [2.45, 2.75) is 150 Å². The molecular weight excluding hydrogens is 680 g/mol. The molecule has 1 aromatic carbocycles. The lowest BCUT2D eigenvalue weighted by molar-refractivity contribution is -0.187. The molecule has 51 heavy (non-hydrogen) atoms. The molecule has 4 rings (SSSR count). The fourth-order valence-electron chi connectivity index (χ4n) is 8.09. The average molecular weight is 745 g/mol. The first-order valence-corrected chi connectivity index (χ1v) is 24.6. The SMILES string of the molecule is C[C@H]1C=CC2=C[C@@H](C(C)(C)C)C[C@H](OC(=O)C(C)(C)OCc3ccc(F)cc3)[C@@H]2[C@@]1(CC[C@@H]1C[C@H](C(C)(C)C)C(O[SiH](C)C)C(=O)O1)O[SiH](C)C. The maximum atomic E-state index is 14.1. The Morgan fingerprint density at radius 1 is 0.961 bits per heavy atom. The number of halogens is 1. The predicted octanol–water partition coefficient (Wildman–Crippen LogP) is 8.71. The van der Waals surface area contributed by atoms with Gasteiger partial charge in [0, 0.05) is 17.8 Å². The predicted molar refractivity (Wildman–Crippen MR) is 206 cm³/mol. The average Bonchev–Trinajstić information content (AvgIpc) is 3.00. The maximum absolute atomic E-state index is 14.1. The molecule has 8 atom stereocenters. The summed E-state index contributed by atoms with van der Waals surface area (Å²) in [5, 5.41) is 0. The summed E-state index contributed by atoms with van der Waals surface area (Å²) >= 11 is 0. The molecule has 0 amide bonds. The molecule has 1 heterocycles. The van der Waals surface area contributed by atoms with Crippen LogP contribution in [0.5, 0.6) is 0 Å². The normalized spacial score (nSPS) is 30.2. The van der Waals surface area contributed by atoms with Crippen molar-refractivity contribution in [3.8, 4) is 0 Å². The molecule has 7 nitrogen and oxygen atoms in total. The molecule has 0 saturated carbocycles. The van der Waals surface area contributed by atoms with E-state index in [0.717, 1.165) is 17.6 Å². The Hall–Kier alpha value is -2.12. The molecule has 1 fully saturated rings. The largest absolute Gasteiger partial charge is 0.460 e. The monoisotopic (exact) mass is 744 g/mol. The first kappa shape index (κ1) is 41.6. The Morgan fingerprint density at radius 3 is 2.18 bits per heavy atom. The fraction of sp³-hybridized carbons (Fsp3) is 0.707. The number of cyclic esters (lactones) is 1. The Labute approximate surface area is 310 Å². The van der Waals surface area contributed by atoms with Gasteiger partial charge in [-0.05, 0) is 106 Å². The Kier molecular flexibility index (Phi) is 13.1. The van der Waals surface area contributed by atoms with E-state index in [9.17, 15) is 14.0 Å². The third kappa shape index (κ3) is 10.1. The lowest BCUT2D eigenvalue weighted by atomic mass is 9.59. The van der Waals surface area contributed by atoms with Gasteiger partial charge in [0.2, 0.25) is 0 Å². The van der Waals surface area contributed by atoms with Crippen molar-refractivity contribution in [1.29, 1.82) is 0 Å². The summed E-state index contributed by atoms with van der Waals surface area (Å²) < 4.78 is 45.9. The first-order valence-electron chi connectivity index (χ1n) is 19.1. The van der Waals surface area contributed by atoms with E-state index in [2.05, 4.69) is 92.9 Å². The molecular formula is C41H65FO7Si2. The molecule has 0 spiro atoms. The van der Waals surface area contributed by atoms with Gasteiger partial charge in [-0.2, -0.15) is 0 Å². The molecule has 1 saturated heterocycles. The van der Waals surface area contributed by atoms with Crippen LogP contribution in [0.15, 0.2) is 48.1 Å². The van der Waals surface area contributed by atoms with Crippen LogP contribution in [0.4, 0.5) is 4.39 Å². The lowest BCUT2D eigenvalue weighted by Crippen LogP contribution is -2.58. The molecule has 2 aliphatic carbocycles. The first-order chi connectivity index (χ1) is 23.5. The summed E-state index contributed by atoms with van der Waals surface area (Å²) in [6, 6.07) is 6.09. The van der Waals surface area contributed by atoms with Crippen molar-refractivity contribution in [2.75, 3.05) is 0 Å². The molecule has 1 aromatic rings. The van der Waals surface area contributed by atoms with Crippen LogP contribution in [-0.4, -0.2) is 59.5 Å². The number of benzene rings is 1. The second-order valence-electron chi connectivity index (χ2n) is 18.4. The van der Waals surface area contributed by atoms with Crippen LogP contribution in [-0.2, 0) is 39.3 Å². The van der Waals surface area contributed by atoms with Crippen molar-refractivity contribution in [3.63, 3.8) is 0 Å². The van der Waals surface area contributed by atoms with Gasteiger partial charge in [0.15, 0.2) is 23.7 Å². The minimum absolute atomic E-state index is 0.0328. The number of rotatable bonds is 12. The second kappa shape index (κ2) is 16.1. The molecule has 0 aromatic heterocycles. The highest BCUT2D eigenvalue weighted by molar-refractivity contribution is 6.49. The molecule has 1 aliphatic heterocycles. The smallest absolute Gasteiger partial charge is 0.338 e. The van der Waals surface area contributed by atoms with Crippen LogP contribution in [0.25, 0.3) is 0 Å². The molecule has 1 unspecified atom stereocenters. The summed E-state index contributed by atoms with van der Waals surface area (Å²) in [5.41, 5.74) is -0.169. The van der Waals surface area contributed by atoms with Gasteiger partial charge < -0.3 is 23.1 Å². The summed E-state index contributed by atoms with van der Waals surface area (Å²) in [5.74, 6) is -0.964. The van der Waals surface area contributed by atoms with Crippen molar-refractivity contribution < 1.29 is 37.0 Å². The quantitative estimate of drug-likeness (QED) is 0.157. The fourth-order valence-corrected chi connectivity index (χ4v) is 10.3. The van der Waals surface area contributed by atoms with Crippen molar-refractivity contribution in [3.05, 3.63) is 59.4 Å². The highest BCUT2D eigenvalue weighted by Crippen LogP contribution is 2.53. The summed E-state index contributed by atoms with van der Waals surface area (Å²) in [4.78, 5) is 27.6. The van der Waals surface area contributed by atoms with Crippen LogP contribution in [0, 0.1) is 40.3 Å². The van der Waals surface area contributed by atoms with Crippen molar-refractivity contribution in [1.82, 2.24) is 0 Å². The second-order valence-corrected chi connectivity index (χ2v) is 23.1. The van der Waals surface area contributed by atoms with Crippen LogP contribution in [0.1, 0.15) is 93.6 Å². The van der Waals surface area contributed by atoms with Crippen LogP contribution >= 0.6 is 0 Å². The molecule has 0 radical (unpaired) electrons. The zero-order valence-electron chi connectivity index (χ0n) is 33.5. The molecule has 0 N–H and O–H groups in total. The van der Waals surface area contributed by atoms with Gasteiger partial charge >= 0.3 is 11.9 Å². The van der Waals surface area contributed by atoms with E-state index >= 15 is 0 Å². The van der Waals surface area contributed by atoms with Gasteiger partial charge in [-0.15, -0.1) is 0 Å². The molecule has 3 aliphatic rings. The number of fused-ring (bicyclic) bond motifs is 1. The minimum atomic E-state index is -1.64. The Morgan fingerprint density at radius 2 is 1.61 bits per heavy atom.